The Balaban J connectivity index is 1.59. The molecule has 0 saturated carbocycles. The molecule has 4 rings (SSSR count). The van der Waals surface area contributed by atoms with Crippen LogP contribution >= 0.6 is 11.3 Å². The molecule has 0 saturated heterocycles. The zero-order valence-electron chi connectivity index (χ0n) is 15.7. The van der Waals surface area contributed by atoms with Crippen molar-refractivity contribution in [1.29, 1.82) is 0 Å². The van der Waals surface area contributed by atoms with E-state index in [1.165, 1.54) is 30.4 Å². The lowest BCUT2D eigenvalue weighted by Gasteiger charge is -2.06. The molecule has 0 bridgehead atoms. The standard InChI is InChI=1S/C21H17FN4O2S/c1-12-18-11-19(20(28)24-16-7-5-15(6-8-16)23-13(2)27)29-21(18)26(25-12)17-9-3-14(22)4-10-17/h3-11H,1-2H3,(H,23,27)(H,24,28). The molecule has 0 atom stereocenters. The smallest absolute Gasteiger partial charge is 0.265 e. The molecule has 4 aromatic rings. The molecule has 2 N–H and O–H groups in total. The summed E-state index contributed by atoms with van der Waals surface area (Å²) in [6, 6.07) is 14.8. The fourth-order valence-corrected chi connectivity index (χ4v) is 4.03. The minimum atomic E-state index is -0.315. The second kappa shape index (κ2) is 7.48. The molecule has 0 unspecified atom stereocenters. The number of aromatic nitrogens is 2. The Bertz CT molecular complexity index is 1210. The van der Waals surface area contributed by atoms with Gasteiger partial charge >= 0.3 is 0 Å². The predicted octanol–water partition coefficient (Wildman–Crippen LogP) is 4.75. The van der Waals surface area contributed by atoms with Gasteiger partial charge in [0.1, 0.15) is 10.6 Å². The zero-order valence-corrected chi connectivity index (χ0v) is 16.5. The van der Waals surface area contributed by atoms with Crippen LogP contribution in [0.4, 0.5) is 15.8 Å². The molecule has 0 fully saturated rings. The monoisotopic (exact) mass is 408 g/mol. The van der Waals surface area contributed by atoms with Crippen molar-refractivity contribution in [1.82, 2.24) is 9.78 Å². The van der Waals surface area contributed by atoms with Crippen molar-refractivity contribution in [2.45, 2.75) is 13.8 Å². The number of amides is 2. The van der Waals surface area contributed by atoms with Crippen LogP contribution in [-0.4, -0.2) is 21.6 Å². The lowest BCUT2D eigenvalue weighted by atomic mass is 10.2. The number of anilines is 2. The average molecular weight is 408 g/mol. The van der Waals surface area contributed by atoms with Gasteiger partial charge in [-0.15, -0.1) is 11.3 Å². The van der Waals surface area contributed by atoms with E-state index in [4.69, 9.17) is 0 Å². The fourth-order valence-electron chi connectivity index (χ4n) is 2.95. The third kappa shape index (κ3) is 3.88. The number of nitrogens with one attached hydrogen (secondary N) is 2. The Labute approximate surface area is 170 Å². The Morgan fingerprint density at radius 3 is 2.24 bits per heavy atom. The highest BCUT2D eigenvalue weighted by Crippen LogP contribution is 2.31. The molecule has 2 aromatic carbocycles. The van der Waals surface area contributed by atoms with E-state index in [0.29, 0.717) is 16.3 Å². The zero-order chi connectivity index (χ0) is 20.5. The molecule has 0 aliphatic heterocycles. The van der Waals surface area contributed by atoms with Crippen LogP contribution in [0.3, 0.4) is 0 Å². The van der Waals surface area contributed by atoms with Gasteiger partial charge in [-0.2, -0.15) is 5.10 Å². The lowest BCUT2D eigenvalue weighted by Crippen LogP contribution is -2.10. The second-order valence-electron chi connectivity index (χ2n) is 6.52. The Morgan fingerprint density at radius 2 is 1.62 bits per heavy atom. The number of nitrogens with zero attached hydrogens (tertiary/aromatic N) is 2. The van der Waals surface area contributed by atoms with Crippen LogP contribution in [0, 0.1) is 12.7 Å². The molecular formula is C21H17FN4O2S. The molecular weight excluding hydrogens is 391 g/mol. The number of benzene rings is 2. The quantitative estimate of drug-likeness (QED) is 0.512. The summed E-state index contributed by atoms with van der Waals surface area (Å²) in [6.07, 6.45) is 0. The summed E-state index contributed by atoms with van der Waals surface area (Å²) in [5.74, 6) is -0.703. The van der Waals surface area contributed by atoms with Gasteiger partial charge in [-0.1, -0.05) is 0 Å². The molecule has 8 heteroatoms. The van der Waals surface area contributed by atoms with Gasteiger partial charge in [0.2, 0.25) is 5.91 Å². The molecule has 0 spiro atoms. The Kier molecular flexibility index (Phi) is 4.85. The number of hydrogen-bond acceptors (Lipinski definition) is 4. The molecule has 0 aliphatic carbocycles. The van der Waals surface area contributed by atoms with Crippen LogP contribution in [0.25, 0.3) is 15.9 Å². The Morgan fingerprint density at radius 1 is 1.00 bits per heavy atom. The SMILES string of the molecule is CC(=O)Nc1ccc(NC(=O)c2cc3c(C)nn(-c4ccc(F)cc4)c3s2)cc1. The maximum Gasteiger partial charge on any atom is 0.265 e. The summed E-state index contributed by atoms with van der Waals surface area (Å²) in [5.41, 5.74) is 2.80. The molecule has 146 valence electrons. The van der Waals surface area contributed by atoms with Crippen molar-refractivity contribution in [3.63, 3.8) is 0 Å². The van der Waals surface area contributed by atoms with Gasteiger partial charge in [-0.25, -0.2) is 9.07 Å². The summed E-state index contributed by atoms with van der Waals surface area (Å²) in [6.45, 7) is 3.31. The molecule has 29 heavy (non-hydrogen) atoms. The second-order valence-corrected chi connectivity index (χ2v) is 7.55. The fraction of sp³-hybridized carbons (Fsp3) is 0.0952. The van der Waals surface area contributed by atoms with E-state index in [-0.39, 0.29) is 17.6 Å². The third-order valence-electron chi connectivity index (χ3n) is 4.30. The van der Waals surface area contributed by atoms with Crippen LogP contribution in [0.1, 0.15) is 22.3 Å². The molecule has 2 aromatic heterocycles. The maximum absolute atomic E-state index is 13.2. The van der Waals surface area contributed by atoms with Crippen molar-refractivity contribution < 1.29 is 14.0 Å². The number of rotatable bonds is 4. The minimum absolute atomic E-state index is 0.155. The minimum Gasteiger partial charge on any atom is -0.326 e. The van der Waals surface area contributed by atoms with Crippen molar-refractivity contribution in [2.75, 3.05) is 10.6 Å². The largest absolute Gasteiger partial charge is 0.326 e. The van der Waals surface area contributed by atoms with Crippen LogP contribution in [0.5, 0.6) is 0 Å². The highest BCUT2D eigenvalue weighted by molar-refractivity contribution is 7.20. The van der Waals surface area contributed by atoms with Gasteiger partial charge in [0.05, 0.1) is 16.3 Å². The van der Waals surface area contributed by atoms with Crippen molar-refractivity contribution in [3.05, 3.63) is 71.0 Å². The van der Waals surface area contributed by atoms with E-state index in [1.807, 2.05) is 13.0 Å². The molecule has 2 heterocycles. The summed E-state index contributed by atoms with van der Waals surface area (Å²) < 4.78 is 14.9. The van der Waals surface area contributed by atoms with Gasteiger partial charge < -0.3 is 10.6 Å². The van der Waals surface area contributed by atoms with E-state index >= 15 is 0 Å². The number of hydrogen-bond donors (Lipinski definition) is 2. The van der Waals surface area contributed by atoms with Gasteiger partial charge in [-0.05, 0) is 61.5 Å². The summed E-state index contributed by atoms with van der Waals surface area (Å²) in [5, 5.41) is 10.9. The molecule has 2 amide bonds. The first-order chi connectivity index (χ1) is 13.9. The number of thiophene rings is 1. The number of fused-ring (bicyclic) bond motifs is 1. The normalized spacial score (nSPS) is 10.9. The number of carbonyl (C=O) groups is 2. The first-order valence-electron chi connectivity index (χ1n) is 8.85. The van der Waals surface area contributed by atoms with Crippen molar-refractivity contribution in [2.24, 2.45) is 0 Å². The lowest BCUT2D eigenvalue weighted by molar-refractivity contribution is -0.114. The van der Waals surface area contributed by atoms with E-state index in [1.54, 1.807) is 41.1 Å². The van der Waals surface area contributed by atoms with Gasteiger partial charge in [-0.3, -0.25) is 9.59 Å². The highest BCUT2D eigenvalue weighted by Gasteiger charge is 2.17. The van der Waals surface area contributed by atoms with E-state index in [9.17, 15) is 14.0 Å². The Hall–Kier alpha value is -3.52. The average Bonchev–Trinajstić information content (AvgIpc) is 3.25. The van der Waals surface area contributed by atoms with Crippen LogP contribution in [-0.2, 0) is 4.79 Å². The summed E-state index contributed by atoms with van der Waals surface area (Å²) in [7, 11) is 0. The van der Waals surface area contributed by atoms with Crippen molar-refractivity contribution in [3.8, 4) is 5.69 Å². The first-order valence-corrected chi connectivity index (χ1v) is 9.66. The topological polar surface area (TPSA) is 76.0 Å². The van der Waals surface area contributed by atoms with E-state index in [0.717, 1.165) is 21.6 Å². The van der Waals surface area contributed by atoms with E-state index < -0.39 is 0 Å². The highest BCUT2D eigenvalue weighted by atomic mass is 32.1. The molecule has 0 aliphatic rings. The van der Waals surface area contributed by atoms with Gasteiger partial charge in [0, 0.05) is 23.7 Å². The van der Waals surface area contributed by atoms with Gasteiger partial charge in [0.25, 0.3) is 5.91 Å². The summed E-state index contributed by atoms with van der Waals surface area (Å²) >= 11 is 1.32. The van der Waals surface area contributed by atoms with Crippen LogP contribution < -0.4 is 10.6 Å². The number of aryl methyl sites for hydroxylation is 1. The van der Waals surface area contributed by atoms with Crippen LogP contribution in [0.15, 0.2) is 54.6 Å². The van der Waals surface area contributed by atoms with Crippen molar-refractivity contribution >= 4 is 44.7 Å². The maximum atomic E-state index is 13.2. The molecule has 6 nitrogen and oxygen atoms in total. The number of carbonyl (C=O) groups excluding carboxylic acids is 2. The molecule has 0 radical (unpaired) electrons. The third-order valence-corrected chi connectivity index (χ3v) is 5.41. The number of halogens is 1. The predicted molar refractivity (Wildman–Crippen MR) is 112 cm³/mol. The van der Waals surface area contributed by atoms with E-state index in [2.05, 4.69) is 15.7 Å². The summed E-state index contributed by atoms with van der Waals surface area (Å²) in [4.78, 5) is 25.2. The van der Waals surface area contributed by atoms with Crippen LogP contribution in [0.2, 0.25) is 0 Å². The first kappa shape index (κ1) is 18.8. The van der Waals surface area contributed by atoms with Gasteiger partial charge in [0.15, 0.2) is 0 Å².